The van der Waals surface area contributed by atoms with Crippen molar-refractivity contribution in [2.24, 2.45) is 0 Å². The molecule has 1 spiro atoms. The van der Waals surface area contributed by atoms with Crippen LogP contribution in [0.5, 0.6) is 5.75 Å². The van der Waals surface area contributed by atoms with E-state index in [-0.39, 0.29) is 12.0 Å². The minimum absolute atomic E-state index is 0.238. The van der Waals surface area contributed by atoms with Crippen LogP contribution in [0, 0.1) is 0 Å². The van der Waals surface area contributed by atoms with Crippen LogP contribution in [0.2, 0.25) is 0 Å². The Morgan fingerprint density at radius 1 is 1.41 bits per heavy atom. The Morgan fingerprint density at radius 3 is 2.95 bits per heavy atom. The third-order valence-electron chi connectivity index (χ3n) is 4.59. The number of nitrogens with one attached hydrogen (secondary N) is 1. The second-order valence-corrected chi connectivity index (χ2v) is 6.75. The molecule has 1 N–H and O–H groups in total. The first-order chi connectivity index (χ1) is 10.5. The number of halogens is 1. The average molecular weight is 367 g/mol. The second kappa shape index (κ2) is 4.70. The Morgan fingerprint density at radius 2 is 2.23 bits per heavy atom. The summed E-state index contributed by atoms with van der Waals surface area (Å²) in [6.07, 6.45) is 0.929. The molecule has 7 heteroatoms. The van der Waals surface area contributed by atoms with Gasteiger partial charge in [-0.1, -0.05) is 15.9 Å². The van der Waals surface area contributed by atoms with Crippen LogP contribution in [0.1, 0.15) is 18.4 Å². The fraction of sp³-hybridized carbons (Fsp3) is 0.467. The van der Waals surface area contributed by atoms with Gasteiger partial charge in [-0.2, -0.15) is 0 Å². The number of hydrogen-bond acceptors (Lipinski definition) is 4. The number of nitrogens with zero attached hydrogens (tertiary/aromatic N) is 1. The van der Waals surface area contributed by atoms with Gasteiger partial charge in [0, 0.05) is 23.7 Å². The summed E-state index contributed by atoms with van der Waals surface area (Å²) >= 11 is 3.43. The molecule has 0 saturated carbocycles. The molecule has 0 aliphatic carbocycles. The summed E-state index contributed by atoms with van der Waals surface area (Å²) in [4.78, 5) is 26.1. The molecule has 1 aromatic carbocycles. The summed E-state index contributed by atoms with van der Waals surface area (Å²) < 4.78 is 12.7. The average Bonchev–Trinajstić information content (AvgIpc) is 2.74. The van der Waals surface area contributed by atoms with E-state index in [4.69, 9.17) is 9.47 Å². The van der Waals surface area contributed by atoms with Crippen molar-refractivity contribution in [3.8, 4) is 5.75 Å². The van der Waals surface area contributed by atoms with Crippen molar-refractivity contribution in [3.63, 3.8) is 0 Å². The molecule has 3 heterocycles. The molecule has 2 saturated heterocycles. The molecule has 116 valence electrons. The van der Waals surface area contributed by atoms with E-state index in [9.17, 15) is 9.59 Å². The Bertz CT molecular complexity index is 680. The summed E-state index contributed by atoms with van der Waals surface area (Å²) in [6, 6.07) is 5.09. The van der Waals surface area contributed by atoms with E-state index in [0.29, 0.717) is 17.9 Å². The van der Waals surface area contributed by atoms with Crippen LogP contribution in [0.3, 0.4) is 0 Å². The van der Waals surface area contributed by atoms with Gasteiger partial charge in [0.15, 0.2) is 5.54 Å². The zero-order valence-corrected chi connectivity index (χ0v) is 13.6. The molecule has 0 bridgehead atoms. The van der Waals surface area contributed by atoms with E-state index >= 15 is 0 Å². The van der Waals surface area contributed by atoms with Gasteiger partial charge in [-0.3, -0.25) is 9.69 Å². The van der Waals surface area contributed by atoms with Crippen LogP contribution < -0.4 is 10.1 Å². The first-order valence-electron chi connectivity index (χ1n) is 7.22. The molecule has 0 aromatic heterocycles. The highest BCUT2D eigenvalue weighted by Gasteiger charge is 2.63. The van der Waals surface area contributed by atoms with Crippen molar-refractivity contribution in [1.82, 2.24) is 10.2 Å². The lowest BCUT2D eigenvalue weighted by molar-refractivity contribution is -0.153. The molecule has 3 aliphatic heterocycles. The standard InChI is InChI=1S/C15H15BrN2O4/c1-18-13(19)15(17-14(18)20)9-7-8(16)4-5-10(9)22-11-3-2-6-21-12(11)15/h4-5,7,11-12H,2-3,6H2,1H3,(H,17,20)/t11-,12+,15+/m0/s1. The fourth-order valence-corrected chi connectivity index (χ4v) is 3.91. The SMILES string of the molecule is CN1C(=O)N[C@]2(C1=O)c1cc(Br)ccc1O[C@H]1CCCO[C@H]12. The summed E-state index contributed by atoms with van der Waals surface area (Å²) in [5, 5.41) is 2.86. The lowest BCUT2D eigenvalue weighted by atomic mass is 9.77. The van der Waals surface area contributed by atoms with Gasteiger partial charge >= 0.3 is 6.03 Å². The van der Waals surface area contributed by atoms with Crippen molar-refractivity contribution < 1.29 is 19.1 Å². The topological polar surface area (TPSA) is 67.9 Å². The molecule has 3 aliphatic rings. The monoisotopic (exact) mass is 366 g/mol. The molecule has 2 fully saturated rings. The predicted octanol–water partition coefficient (Wildman–Crippen LogP) is 1.77. The minimum atomic E-state index is -1.20. The van der Waals surface area contributed by atoms with Crippen molar-refractivity contribution in [1.29, 1.82) is 0 Å². The van der Waals surface area contributed by atoms with Crippen LogP contribution in [-0.2, 0) is 15.1 Å². The van der Waals surface area contributed by atoms with Crippen LogP contribution in [0.4, 0.5) is 4.79 Å². The van der Waals surface area contributed by atoms with Gasteiger partial charge in [0.1, 0.15) is 18.0 Å². The number of urea groups is 1. The molecule has 3 amide bonds. The van der Waals surface area contributed by atoms with Crippen molar-refractivity contribution >= 4 is 27.9 Å². The smallest absolute Gasteiger partial charge is 0.325 e. The maximum atomic E-state index is 12.9. The van der Waals surface area contributed by atoms with E-state index in [0.717, 1.165) is 22.2 Å². The molecular weight excluding hydrogens is 352 g/mol. The Labute approximate surface area is 135 Å². The molecule has 22 heavy (non-hydrogen) atoms. The maximum Gasteiger partial charge on any atom is 0.325 e. The molecule has 4 rings (SSSR count). The highest BCUT2D eigenvalue weighted by molar-refractivity contribution is 9.10. The third kappa shape index (κ3) is 1.69. The van der Waals surface area contributed by atoms with Gasteiger partial charge < -0.3 is 14.8 Å². The largest absolute Gasteiger partial charge is 0.487 e. The highest BCUT2D eigenvalue weighted by Crippen LogP contribution is 2.47. The Kier molecular flexibility index (Phi) is 2.99. The van der Waals surface area contributed by atoms with E-state index in [2.05, 4.69) is 21.2 Å². The number of rotatable bonds is 0. The summed E-state index contributed by atoms with van der Waals surface area (Å²) in [5.41, 5.74) is -0.554. The van der Waals surface area contributed by atoms with Gasteiger partial charge in [-0.05, 0) is 31.0 Å². The number of fused-ring (bicyclic) bond motifs is 4. The number of likely N-dealkylation sites (N-methyl/N-ethyl adjacent to an activating group) is 1. The van der Waals surface area contributed by atoms with Crippen LogP contribution >= 0.6 is 15.9 Å². The van der Waals surface area contributed by atoms with Gasteiger partial charge in [-0.15, -0.1) is 0 Å². The van der Waals surface area contributed by atoms with Gasteiger partial charge in [0.05, 0.1) is 0 Å². The normalized spacial score (nSPS) is 33.3. The molecular formula is C15H15BrN2O4. The second-order valence-electron chi connectivity index (χ2n) is 5.83. The third-order valence-corrected chi connectivity index (χ3v) is 5.08. The van der Waals surface area contributed by atoms with E-state index in [1.807, 2.05) is 18.2 Å². The van der Waals surface area contributed by atoms with E-state index in [1.165, 1.54) is 7.05 Å². The number of benzene rings is 1. The molecule has 0 unspecified atom stereocenters. The highest BCUT2D eigenvalue weighted by atomic mass is 79.9. The molecule has 1 aromatic rings. The fourth-order valence-electron chi connectivity index (χ4n) is 3.55. The number of imide groups is 1. The summed E-state index contributed by atoms with van der Waals surface area (Å²) in [6.45, 7) is 0.558. The Balaban J connectivity index is 1.95. The molecule has 3 atom stereocenters. The quantitative estimate of drug-likeness (QED) is 0.710. The minimum Gasteiger partial charge on any atom is -0.487 e. The lowest BCUT2D eigenvalue weighted by Gasteiger charge is -2.46. The predicted molar refractivity (Wildman–Crippen MR) is 80.5 cm³/mol. The lowest BCUT2D eigenvalue weighted by Crippen LogP contribution is -2.63. The number of carbonyl (C=O) groups excluding carboxylic acids is 2. The summed E-state index contributed by atoms with van der Waals surface area (Å²) in [5.74, 6) is 0.330. The summed E-state index contributed by atoms with van der Waals surface area (Å²) in [7, 11) is 1.48. The maximum absolute atomic E-state index is 12.9. The number of hydrogen-bond donors (Lipinski definition) is 1. The zero-order chi connectivity index (χ0) is 15.5. The first-order valence-corrected chi connectivity index (χ1v) is 8.02. The zero-order valence-electron chi connectivity index (χ0n) is 12.0. The molecule has 6 nitrogen and oxygen atoms in total. The van der Waals surface area contributed by atoms with Gasteiger partial charge in [0.25, 0.3) is 5.91 Å². The van der Waals surface area contributed by atoms with Gasteiger partial charge in [0.2, 0.25) is 0 Å². The Hall–Kier alpha value is -1.60. The van der Waals surface area contributed by atoms with E-state index in [1.54, 1.807) is 0 Å². The van der Waals surface area contributed by atoms with Gasteiger partial charge in [-0.25, -0.2) is 4.79 Å². The van der Waals surface area contributed by atoms with E-state index < -0.39 is 17.7 Å². The van der Waals surface area contributed by atoms with Crippen molar-refractivity contribution in [3.05, 3.63) is 28.2 Å². The van der Waals surface area contributed by atoms with Crippen molar-refractivity contribution in [2.75, 3.05) is 13.7 Å². The molecule has 0 radical (unpaired) electrons. The van der Waals surface area contributed by atoms with Crippen LogP contribution in [0.25, 0.3) is 0 Å². The van der Waals surface area contributed by atoms with Crippen LogP contribution in [-0.4, -0.2) is 42.7 Å². The number of amides is 3. The van der Waals surface area contributed by atoms with Crippen molar-refractivity contribution in [2.45, 2.75) is 30.6 Å². The number of carbonyl (C=O) groups is 2. The first kappa shape index (κ1) is 14.0. The number of ether oxygens (including phenoxy) is 2. The van der Waals surface area contributed by atoms with Crippen LogP contribution in [0.15, 0.2) is 22.7 Å².